The van der Waals surface area contributed by atoms with Gasteiger partial charge >= 0.3 is 0 Å². The SMILES string of the molecule is O=C(COc1cccc(Cl)c1)N1CCCN(C2CCN(Cc3ccccc3)C2=O)CC1. The second-order valence-corrected chi connectivity index (χ2v) is 8.50. The molecule has 2 aliphatic rings. The van der Waals surface area contributed by atoms with E-state index < -0.39 is 0 Å². The molecule has 0 aliphatic carbocycles. The first-order chi connectivity index (χ1) is 15.1. The highest BCUT2D eigenvalue weighted by Crippen LogP contribution is 2.21. The van der Waals surface area contributed by atoms with Gasteiger partial charge in [0.25, 0.3) is 5.91 Å². The van der Waals surface area contributed by atoms with Crippen molar-refractivity contribution < 1.29 is 14.3 Å². The second kappa shape index (κ2) is 10.2. The maximum absolute atomic E-state index is 13.0. The molecule has 2 fully saturated rings. The highest BCUT2D eigenvalue weighted by atomic mass is 35.5. The Hall–Kier alpha value is -2.57. The summed E-state index contributed by atoms with van der Waals surface area (Å²) in [6, 6.07) is 17.1. The van der Waals surface area contributed by atoms with Gasteiger partial charge in [0.1, 0.15) is 5.75 Å². The Bertz CT molecular complexity index is 908. The van der Waals surface area contributed by atoms with Crippen LogP contribution in [0.5, 0.6) is 5.75 Å². The number of carbonyl (C=O) groups is 2. The number of hydrogen-bond donors (Lipinski definition) is 0. The van der Waals surface area contributed by atoms with Gasteiger partial charge in [-0.25, -0.2) is 0 Å². The van der Waals surface area contributed by atoms with Crippen LogP contribution in [-0.4, -0.2) is 71.9 Å². The lowest BCUT2D eigenvalue weighted by atomic mass is 10.2. The van der Waals surface area contributed by atoms with Crippen molar-refractivity contribution >= 4 is 23.4 Å². The fourth-order valence-electron chi connectivity index (χ4n) is 4.31. The minimum Gasteiger partial charge on any atom is -0.484 e. The molecule has 2 saturated heterocycles. The van der Waals surface area contributed by atoms with Gasteiger partial charge in [-0.1, -0.05) is 48.0 Å². The zero-order chi connectivity index (χ0) is 21.6. The van der Waals surface area contributed by atoms with Crippen LogP contribution >= 0.6 is 11.6 Å². The van der Waals surface area contributed by atoms with Crippen molar-refractivity contribution in [3.8, 4) is 5.75 Å². The molecule has 2 aromatic carbocycles. The van der Waals surface area contributed by atoms with Crippen LogP contribution < -0.4 is 4.74 Å². The summed E-state index contributed by atoms with van der Waals surface area (Å²) in [6.07, 6.45) is 1.70. The normalized spacial score (nSPS) is 20.0. The van der Waals surface area contributed by atoms with Gasteiger partial charge < -0.3 is 14.5 Å². The minimum atomic E-state index is -0.0820. The van der Waals surface area contributed by atoms with Crippen LogP contribution in [-0.2, 0) is 16.1 Å². The smallest absolute Gasteiger partial charge is 0.260 e. The Labute approximate surface area is 188 Å². The quantitative estimate of drug-likeness (QED) is 0.691. The van der Waals surface area contributed by atoms with Crippen molar-refractivity contribution in [3.63, 3.8) is 0 Å². The highest BCUT2D eigenvalue weighted by molar-refractivity contribution is 6.30. The number of likely N-dealkylation sites (tertiary alicyclic amines) is 1. The van der Waals surface area contributed by atoms with E-state index in [0.29, 0.717) is 37.0 Å². The monoisotopic (exact) mass is 441 g/mol. The fraction of sp³-hybridized carbons (Fsp3) is 0.417. The van der Waals surface area contributed by atoms with E-state index in [1.165, 1.54) is 0 Å². The van der Waals surface area contributed by atoms with Gasteiger partial charge in [-0.3, -0.25) is 14.5 Å². The molecule has 164 valence electrons. The summed E-state index contributed by atoms with van der Waals surface area (Å²) in [6.45, 7) is 4.27. The van der Waals surface area contributed by atoms with Gasteiger partial charge in [0.2, 0.25) is 5.91 Å². The molecule has 1 unspecified atom stereocenters. The molecule has 0 aromatic heterocycles. The molecule has 7 heteroatoms. The first kappa shape index (κ1) is 21.7. The zero-order valence-corrected chi connectivity index (χ0v) is 18.3. The highest BCUT2D eigenvalue weighted by Gasteiger charge is 2.36. The predicted octanol–water partition coefficient (Wildman–Crippen LogP) is 3.05. The van der Waals surface area contributed by atoms with Gasteiger partial charge in [0, 0.05) is 44.3 Å². The van der Waals surface area contributed by atoms with Crippen LogP contribution in [0.15, 0.2) is 54.6 Å². The molecule has 31 heavy (non-hydrogen) atoms. The minimum absolute atomic E-state index is 0.00639. The van der Waals surface area contributed by atoms with E-state index in [1.54, 1.807) is 24.3 Å². The molecular weight excluding hydrogens is 414 g/mol. The molecule has 0 N–H and O–H groups in total. The van der Waals surface area contributed by atoms with Gasteiger partial charge in [-0.2, -0.15) is 0 Å². The number of amides is 2. The standard InChI is InChI=1S/C24H28ClN3O3/c25-20-8-4-9-21(16-20)31-18-23(29)27-12-5-11-26(14-15-27)22-10-13-28(24(22)30)17-19-6-2-1-3-7-19/h1-4,6-9,16,22H,5,10-15,17-18H2. The first-order valence-electron chi connectivity index (χ1n) is 10.8. The lowest BCUT2D eigenvalue weighted by Crippen LogP contribution is -2.44. The van der Waals surface area contributed by atoms with E-state index in [9.17, 15) is 9.59 Å². The van der Waals surface area contributed by atoms with Crippen molar-refractivity contribution in [2.45, 2.75) is 25.4 Å². The summed E-state index contributed by atoms with van der Waals surface area (Å²) < 4.78 is 5.61. The zero-order valence-electron chi connectivity index (χ0n) is 17.6. The number of hydrogen-bond acceptors (Lipinski definition) is 4. The molecule has 4 rings (SSSR count). The van der Waals surface area contributed by atoms with Gasteiger partial charge in [0.15, 0.2) is 6.61 Å². The van der Waals surface area contributed by atoms with E-state index in [2.05, 4.69) is 17.0 Å². The van der Waals surface area contributed by atoms with Crippen LogP contribution in [0.2, 0.25) is 5.02 Å². The van der Waals surface area contributed by atoms with Gasteiger partial charge in [0.05, 0.1) is 6.04 Å². The Morgan fingerprint density at radius 1 is 1.00 bits per heavy atom. The largest absolute Gasteiger partial charge is 0.484 e. The Morgan fingerprint density at radius 2 is 1.84 bits per heavy atom. The number of benzene rings is 2. The van der Waals surface area contributed by atoms with Crippen molar-refractivity contribution in [2.24, 2.45) is 0 Å². The second-order valence-electron chi connectivity index (χ2n) is 8.07. The molecule has 2 amide bonds. The molecule has 1 atom stereocenters. The van der Waals surface area contributed by atoms with Crippen LogP contribution in [0.25, 0.3) is 0 Å². The number of ether oxygens (including phenoxy) is 1. The van der Waals surface area contributed by atoms with Crippen molar-refractivity contribution in [3.05, 3.63) is 65.2 Å². The summed E-state index contributed by atoms with van der Waals surface area (Å²) in [5, 5.41) is 0.581. The molecule has 0 bridgehead atoms. The average molecular weight is 442 g/mol. The van der Waals surface area contributed by atoms with E-state index in [-0.39, 0.29) is 24.5 Å². The number of nitrogens with zero attached hydrogens (tertiary/aromatic N) is 3. The summed E-state index contributed by atoms with van der Waals surface area (Å²) in [5.74, 6) is 0.755. The third-order valence-electron chi connectivity index (χ3n) is 5.97. The Morgan fingerprint density at radius 3 is 2.65 bits per heavy atom. The first-order valence-corrected chi connectivity index (χ1v) is 11.2. The lowest BCUT2D eigenvalue weighted by Gasteiger charge is -2.26. The third-order valence-corrected chi connectivity index (χ3v) is 6.20. The van der Waals surface area contributed by atoms with Crippen LogP contribution in [0, 0.1) is 0 Å². The van der Waals surface area contributed by atoms with E-state index >= 15 is 0 Å². The Kier molecular flexibility index (Phi) is 7.10. The maximum atomic E-state index is 13.0. The summed E-state index contributed by atoms with van der Waals surface area (Å²) in [4.78, 5) is 31.7. The third kappa shape index (κ3) is 5.57. The molecule has 2 heterocycles. The number of carbonyl (C=O) groups excluding carboxylic acids is 2. The van der Waals surface area contributed by atoms with Gasteiger partial charge in [-0.15, -0.1) is 0 Å². The Balaban J connectivity index is 1.27. The van der Waals surface area contributed by atoms with Crippen LogP contribution in [0.1, 0.15) is 18.4 Å². The molecule has 2 aromatic rings. The molecule has 2 aliphatic heterocycles. The van der Waals surface area contributed by atoms with Crippen LogP contribution in [0.3, 0.4) is 0 Å². The topological polar surface area (TPSA) is 53.1 Å². The predicted molar refractivity (Wildman–Crippen MR) is 120 cm³/mol. The van der Waals surface area contributed by atoms with Crippen molar-refractivity contribution in [2.75, 3.05) is 39.3 Å². The van der Waals surface area contributed by atoms with Crippen molar-refractivity contribution in [1.29, 1.82) is 0 Å². The average Bonchev–Trinajstić information content (AvgIpc) is 2.98. The van der Waals surface area contributed by atoms with Gasteiger partial charge in [-0.05, 0) is 36.6 Å². The lowest BCUT2D eigenvalue weighted by molar-refractivity contribution is -0.133. The van der Waals surface area contributed by atoms with Crippen molar-refractivity contribution in [1.82, 2.24) is 14.7 Å². The van der Waals surface area contributed by atoms with E-state index in [1.807, 2.05) is 28.0 Å². The molecular formula is C24H28ClN3O3. The molecule has 6 nitrogen and oxygen atoms in total. The molecule has 0 spiro atoms. The van der Waals surface area contributed by atoms with Crippen LogP contribution in [0.4, 0.5) is 0 Å². The number of rotatable bonds is 6. The molecule has 0 saturated carbocycles. The number of halogens is 1. The van der Waals surface area contributed by atoms with E-state index in [0.717, 1.165) is 31.5 Å². The molecule has 0 radical (unpaired) electrons. The fourth-order valence-corrected chi connectivity index (χ4v) is 4.49. The summed E-state index contributed by atoms with van der Waals surface area (Å²) in [5.41, 5.74) is 1.16. The summed E-state index contributed by atoms with van der Waals surface area (Å²) >= 11 is 5.96. The van der Waals surface area contributed by atoms with E-state index in [4.69, 9.17) is 16.3 Å². The maximum Gasteiger partial charge on any atom is 0.260 e. The summed E-state index contributed by atoms with van der Waals surface area (Å²) in [7, 11) is 0.